The first kappa shape index (κ1) is 22.0. The third-order valence-electron chi connectivity index (χ3n) is 5.16. The largest absolute Gasteiger partial charge is 0.493 e. The molecule has 0 aliphatic heterocycles. The van der Waals surface area contributed by atoms with Crippen LogP contribution >= 0.6 is 0 Å². The fourth-order valence-electron chi connectivity index (χ4n) is 3.30. The summed E-state index contributed by atoms with van der Waals surface area (Å²) >= 11 is 0. The van der Waals surface area contributed by atoms with Crippen molar-refractivity contribution in [1.29, 1.82) is 0 Å². The van der Waals surface area contributed by atoms with E-state index in [0.29, 0.717) is 23.7 Å². The average molecular weight is 444 g/mol. The van der Waals surface area contributed by atoms with Crippen molar-refractivity contribution < 1.29 is 23.7 Å². The lowest BCUT2D eigenvalue weighted by molar-refractivity contribution is 0.274. The second-order valence-electron chi connectivity index (χ2n) is 7.43. The molecule has 0 aliphatic carbocycles. The molecular formula is C27H24O6. The maximum absolute atomic E-state index is 12.9. The van der Waals surface area contributed by atoms with Gasteiger partial charge in [0.2, 0.25) is 11.2 Å². The summed E-state index contributed by atoms with van der Waals surface area (Å²) in [6, 6.07) is 24.4. The molecule has 0 atom stereocenters. The highest BCUT2D eigenvalue weighted by Crippen LogP contribution is 2.38. The SMILES string of the molecule is COc1cc(-c2oc(O)c(C)c(=O)c2OCc2ccccc2)ccc1OCc1ccccc1. The maximum atomic E-state index is 12.9. The molecule has 0 amide bonds. The standard InChI is InChI=1S/C27H24O6/c1-18-24(28)26(32-17-20-11-7-4-8-12-20)25(33-27(18)29)21-13-14-22(23(15-21)30-2)31-16-19-9-5-3-6-10-19/h3-15,29H,16-17H2,1-2H3. The Morgan fingerprint density at radius 3 is 2.03 bits per heavy atom. The van der Waals surface area contributed by atoms with Crippen molar-refractivity contribution in [3.63, 3.8) is 0 Å². The fourth-order valence-corrected chi connectivity index (χ4v) is 3.30. The van der Waals surface area contributed by atoms with E-state index in [4.69, 9.17) is 18.6 Å². The normalized spacial score (nSPS) is 10.6. The highest BCUT2D eigenvalue weighted by atomic mass is 16.5. The molecule has 0 saturated heterocycles. The van der Waals surface area contributed by atoms with Crippen LogP contribution in [0.4, 0.5) is 0 Å². The molecule has 4 aromatic rings. The van der Waals surface area contributed by atoms with Crippen molar-refractivity contribution in [2.24, 2.45) is 0 Å². The summed E-state index contributed by atoms with van der Waals surface area (Å²) in [7, 11) is 1.53. The van der Waals surface area contributed by atoms with Crippen LogP contribution < -0.4 is 19.6 Å². The fraction of sp³-hybridized carbons (Fsp3) is 0.148. The summed E-state index contributed by atoms with van der Waals surface area (Å²) in [5.41, 5.74) is 2.07. The lowest BCUT2D eigenvalue weighted by Gasteiger charge is -2.15. The Balaban J connectivity index is 1.66. The number of hydrogen-bond acceptors (Lipinski definition) is 6. The first-order valence-electron chi connectivity index (χ1n) is 10.5. The molecule has 33 heavy (non-hydrogen) atoms. The molecule has 168 valence electrons. The Kier molecular flexibility index (Phi) is 6.64. The number of aromatic hydroxyl groups is 1. The summed E-state index contributed by atoms with van der Waals surface area (Å²) < 4.78 is 22.9. The highest BCUT2D eigenvalue weighted by Gasteiger charge is 2.21. The molecule has 1 N–H and O–H groups in total. The Hall–Kier alpha value is -4.19. The van der Waals surface area contributed by atoms with E-state index < -0.39 is 11.4 Å². The molecule has 0 bridgehead atoms. The first-order valence-corrected chi connectivity index (χ1v) is 10.5. The molecule has 4 rings (SSSR count). The zero-order valence-corrected chi connectivity index (χ0v) is 18.4. The van der Waals surface area contributed by atoms with Gasteiger partial charge in [-0.05, 0) is 36.2 Å². The van der Waals surface area contributed by atoms with E-state index in [9.17, 15) is 9.90 Å². The predicted octanol–water partition coefficient (Wildman–Crippen LogP) is 5.49. The van der Waals surface area contributed by atoms with Gasteiger partial charge >= 0.3 is 0 Å². The molecule has 1 heterocycles. The first-order chi connectivity index (χ1) is 16.1. The van der Waals surface area contributed by atoms with Gasteiger partial charge in [-0.15, -0.1) is 0 Å². The predicted molar refractivity (Wildman–Crippen MR) is 125 cm³/mol. The van der Waals surface area contributed by atoms with Crippen LogP contribution in [0, 0.1) is 6.92 Å². The molecule has 0 fully saturated rings. The Morgan fingerprint density at radius 1 is 0.818 bits per heavy atom. The number of rotatable bonds is 8. The van der Waals surface area contributed by atoms with Gasteiger partial charge in [0.05, 0.1) is 12.7 Å². The number of methoxy groups -OCH3 is 1. The average Bonchev–Trinajstić information content (AvgIpc) is 2.86. The molecular weight excluding hydrogens is 420 g/mol. The van der Waals surface area contributed by atoms with Gasteiger partial charge in [-0.1, -0.05) is 60.7 Å². The van der Waals surface area contributed by atoms with Crippen molar-refractivity contribution in [2.45, 2.75) is 20.1 Å². The second kappa shape index (κ2) is 9.96. The van der Waals surface area contributed by atoms with Crippen LogP contribution in [0.3, 0.4) is 0 Å². The van der Waals surface area contributed by atoms with Gasteiger partial charge in [0, 0.05) is 5.56 Å². The number of hydrogen-bond donors (Lipinski definition) is 1. The van der Waals surface area contributed by atoms with Crippen molar-refractivity contribution in [3.8, 4) is 34.5 Å². The van der Waals surface area contributed by atoms with Crippen molar-refractivity contribution in [1.82, 2.24) is 0 Å². The molecule has 0 radical (unpaired) electrons. The second-order valence-corrected chi connectivity index (χ2v) is 7.43. The van der Waals surface area contributed by atoms with E-state index in [1.54, 1.807) is 18.2 Å². The molecule has 6 heteroatoms. The molecule has 0 saturated carbocycles. The monoisotopic (exact) mass is 444 g/mol. The van der Waals surface area contributed by atoms with Crippen LogP contribution in [0.25, 0.3) is 11.3 Å². The van der Waals surface area contributed by atoms with E-state index in [0.717, 1.165) is 11.1 Å². The molecule has 0 unspecified atom stereocenters. The summed E-state index contributed by atoms with van der Waals surface area (Å²) in [6.07, 6.45) is 0. The molecule has 3 aromatic carbocycles. The minimum absolute atomic E-state index is 0.0224. The molecule has 0 spiro atoms. The minimum Gasteiger partial charge on any atom is -0.493 e. The third-order valence-corrected chi connectivity index (χ3v) is 5.16. The summed E-state index contributed by atoms with van der Waals surface area (Å²) in [5, 5.41) is 10.2. The van der Waals surface area contributed by atoms with E-state index in [2.05, 4.69) is 0 Å². The van der Waals surface area contributed by atoms with Gasteiger partial charge in [-0.3, -0.25) is 4.79 Å². The van der Waals surface area contributed by atoms with Gasteiger partial charge in [0.25, 0.3) is 5.95 Å². The van der Waals surface area contributed by atoms with Gasteiger partial charge in [0.1, 0.15) is 13.2 Å². The zero-order valence-electron chi connectivity index (χ0n) is 18.4. The molecule has 6 nitrogen and oxygen atoms in total. The van der Waals surface area contributed by atoms with Gasteiger partial charge in [-0.2, -0.15) is 0 Å². The topological polar surface area (TPSA) is 78.1 Å². The number of benzene rings is 3. The smallest absolute Gasteiger partial charge is 0.289 e. The Bertz CT molecular complexity index is 1280. The van der Waals surface area contributed by atoms with Crippen LogP contribution in [0.2, 0.25) is 0 Å². The van der Waals surface area contributed by atoms with E-state index >= 15 is 0 Å². The lowest BCUT2D eigenvalue weighted by Crippen LogP contribution is -2.12. The third kappa shape index (κ3) is 5.01. The quantitative estimate of drug-likeness (QED) is 0.387. The van der Waals surface area contributed by atoms with Gasteiger partial charge in [0.15, 0.2) is 17.3 Å². The van der Waals surface area contributed by atoms with Crippen molar-refractivity contribution >= 4 is 0 Å². The van der Waals surface area contributed by atoms with Crippen molar-refractivity contribution in [3.05, 3.63) is 106 Å². The number of ether oxygens (including phenoxy) is 3. The highest BCUT2D eigenvalue weighted by molar-refractivity contribution is 5.68. The van der Waals surface area contributed by atoms with Crippen LogP contribution in [0.5, 0.6) is 23.2 Å². The molecule has 1 aromatic heterocycles. The van der Waals surface area contributed by atoms with Crippen LogP contribution in [0.15, 0.2) is 88.1 Å². The van der Waals surface area contributed by atoms with Crippen LogP contribution in [-0.4, -0.2) is 12.2 Å². The Labute approximate surface area is 191 Å². The Morgan fingerprint density at radius 2 is 1.42 bits per heavy atom. The van der Waals surface area contributed by atoms with E-state index in [-0.39, 0.29) is 23.7 Å². The van der Waals surface area contributed by atoms with Crippen molar-refractivity contribution in [2.75, 3.05) is 7.11 Å². The maximum Gasteiger partial charge on any atom is 0.289 e. The molecule has 0 aliphatic rings. The zero-order chi connectivity index (χ0) is 23.2. The minimum atomic E-state index is -0.453. The van der Waals surface area contributed by atoms with Crippen LogP contribution in [-0.2, 0) is 13.2 Å². The summed E-state index contributed by atoms with van der Waals surface area (Å²) in [4.78, 5) is 12.9. The van der Waals surface area contributed by atoms with Crippen LogP contribution in [0.1, 0.15) is 16.7 Å². The van der Waals surface area contributed by atoms with Gasteiger partial charge < -0.3 is 23.7 Å². The van der Waals surface area contributed by atoms with Gasteiger partial charge in [-0.25, -0.2) is 0 Å². The lowest BCUT2D eigenvalue weighted by atomic mass is 10.1. The van der Waals surface area contributed by atoms with E-state index in [1.807, 2.05) is 60.7 Å². The summed E-state index contributed by atoms with van der Waals surface area (Å²) in [5.74, 6) is 0.683. The summed E-state index contributed by atoms with van der Waals surface area (Å²) in [6.45, 7) is 2.04. The van der Waals surface area contributed by atoms with E-state index in [1.165, 1.54) is 14.0 Å².